The van der Waals surface area contributed by atoms with Gasteiger partial charge in [-0.1, -0.05) is 0 Å². The van der Waals surface area contributed by atoms with E-state index < -0.39 is 5.82 Å². The second-order valence-electron chi connectivity index (χ2n) is 3.98. The molecule has 1 unspecified atom stereocenters. The molecule has 16 heavy (non-hydrogen) atoms. The van der Waals surface area contributed by atoms with Crippen LogP contribution in [0.25, 0.3) is 0 Å². The number of hydrogen-bond acceptors (Lipinski definition) is 2. The first-order valence-electron chi connectivity index (χ1n) is 5.19. The molecule has 1 atom stereocenters. The third-order valence-corrected chi connectivity index (χ3v) is 3.08. The standard InChI is InChI=1S/C12H12FNO2/c1-8-2-3-9-10(6-15)11(13)4-5-12(9)14(8)7-16/h4-8H,2-3H2,1H3. The van der Waals surface area contributed by atoms with Gasteiger partial charge in [0.15, 0.2) is 6.29 Å². The summed E-state index contributed by atoms with van der Waals surface area (Å²) in [5.74, 6) is -0.519. The topological polar surface area (TPSA) is 37.4 Å². The Labute approximate surface area is 92.9 Å². The lowest BCUT2D eigenvalue weighted by atomic mass is 9.93. The van der Waals surface area contributed by atoms with Gasteiger partial charge in [-0.15, -0.1) is 0 Å². The van der Waals surface area contributed by atoms with Crippen LogP contribution in [-0.4, -0.2) is 18.7 Å². The number of rotatable bonds is 2. The van der Waals surface area contributed by atoms with Crippen molar-refractivity contribution in [1.82, 2.24) is 0 Å². The monoisotopic (exact) mass is 221 g/mol. The molecule has 0 fully saturated rings. The minimum absolute atomic E-state index is 0.0799. The molecule has 0 radical (unpaired) electrons. The minimum Gasteiger partial charge on any atom is -0.312 e. The van der Waals surface area contributed by atoms with E-state index in [4.69, 9.17) is 0 Å². The van der Waals surface area contributed by atoms with Crippen LogP contribution in [0, 0.1) is 5.82 Å². The van der Waals surface area contributed by atoms with E-state index >= 15 is 0 Å². The summed E-state index contributed by atoms with van der Waals surface area (Å²) in [5, 5.41) is 0. The Kier molecular flexibility index (Phi) is 2.73. The van der Waals surface area contributed by atoms with Gasteiger partial charge < -0.3 is 4.90 Å². The average Bonchev–Trinajstić information content (AvgIpc) is 2.29. The van der Waals surface area contributed by atoms with Gasteiger partial charge in [-0.2, -0.15) is 0 Å². The predicted octanol–water partition coefficient (Wildman–Crippen LogP) is 1.94. The van der Waals surface area contributed by atoms with Gasteiger partial charge >= 0.3 is 0 Å². The number of carbonyl (C=O) groups is 2. The molecule has 0 bridgehead atoms. The molecule has 0 aromatic heterocycles. The highest BCUT2D eigenvalue weighted by molar-refractivity contribution is 5.86. The highest BCUT2D eigenvalue weighted by Gasteiger charge is 2.25. The van der Waals surface area contributed by atoms with Crippen LogP contribution in [0.2, 0.25) is 0 Å². The number of fused-ring (bicyclic) bond motifs is 1. The Morgan fingerprint density at radius 3 is 2.81 bits per heavy atom. The molecule has 0 aliphatic carbocycles. The number of hydrogen-bond donors (Lipinski definition) is 0. The van der Waals surface area contributed by atoms with E-state index in [1.807, 2.05) is 6.92 Å². The molecule has 0 saturated carbocycles. The van der Waals surface area contributed by atoms with E-state index in [2.05, 4.69) is 0 Å². The van der Waals surface area contributed by atoms with Gasteiger partial charge in [0.1, 0.15) is 5.82 Å². The first-order chi connectivity index (χ1) is 7.69. The maximum atomic E-state index is 13.4. The molecule has 1 amide bonds. The number of nitrogens with zero attached hydrogens (tertiary/aromatic N) is 1. The molecular weight excluding hydrogens is 209 g/mol. The zero-order chi connectivity index (χ0) is 11.7. The van der Waals surface area contributed by atoms with E-state index in [9.17, 15) is 14.0 Å². The van der Waals surface area contributed by atoms with Crippen molar-refractivity contribution < 1.29 is 14.0 Å². The fourth-order valence-corrected chi connectivity index (χ4v) is 2.15. The van der Waals surface area contributed by atoms with Crippen molar-refractivity contribution >= 4 is 18.4 Å². The summed E-state index contributed by atoms with van der Waals surface area (Å²) in [7, 11) is 0. The molecule has 84 valence electrons. The summed E-state index contributed by atoms with van der Waals surface area (Å²) in [6.45, 7) is 1.93. The van der Waals surface area contributed by atoms with Gasteiger partial charge in [0, 0.05) is 11.7 Å². The van der Waals surface area contributed by atoms with Gasteiger partial charge in [0.2, 0.25) is 6.41 Å². The molecule has 0 spiro atoms. The predicted molar refractivity (Wildman–Crippen MR) is 58.1 cm³/mol. The normalized spacial score (nSPS) is 19.1. The van der Waals surface area contributed by atoms with Crippen molar-refractivity contribution in [1.29, 1.82) is 0 Å². The van der Waals surface area contributed by atoms with E-state index in [1.165, 1.54) is 6.07 Å². The van der Waals surface area contributed by atoms with Crippen LogP contribution in [0.1, 0.15) is 29.3 Å². The van der Waals surface area contributed by atoms with Crippen molar-refractivity contribution in [3.05, 3.63) is 29.1 Å². The van der Waals surface area contributed by atoms with Crippen LogP contribution < -0.4 is 4.90 Å². The van der Waals surface area contributed by atoms with Crippen molar-refractivity contribution in [2.75, 3.05) is 4.90 Å². The number of aldehydes is 1. The first kappa shape index (κ1) is 10.8. The molecule has 1 aliphatic heterocycles. The summed E-state index contributed by atoms with van der Waals surface area (Å²) in [6, 6.07) is 2.88. The number of benzene rings is 1. The molecule has 3 nitrogen and oxygen atoms in total. The fraction of sp³-hybridized carbons (Fsp3) is 0.333. The Balaban J connectivity index is 2.60. The number of anilines is 1. The largest absolute Gasteiger partial charge is 0.312 e. The zero-order valence-electron chi connectivity index (χ0n) is 8.94. The van der Waals surface area contributed by atoms with Gasteiger partial charge in [-0.3, -0.25) is 9.59 Å². The Morgan fingerprint density at radius 2 is 2.19 bits per heavy atom. The molecule has 1 aromatic carbocycles. The lowest BCUT2D eigenvalue weighted by molar-refractivity contribution is -0.107. The van der Waals surface area contributed by atoms with E-state index in [1.54, 1.807) is 11.0 Å². The maximum Gasteiger partial charge on any atom is 0.214 e. The molecule has 1 heterocycles. The van der Waals surface area contributed by atoms with Crippen molar-refractivity contribution in [2.24, 2.45) is 0 Å². The smallest absolute Gasteiger partial charge is 0.214 e. The number of amides is 1. The minimum atomic E-state index is -0.519. The van der Waals surface area contributed by atoms with Gasteiger partial charge in [0.25, 0.3) is 0 Å². The summed E-state index contributed by atoms with van der Waals surface area (Å²) in [4.78, 5) is 23.3. The summed E-state index contributed by atoms with van der Waals surface area (Å²) in [6.07, 6.45) is 2.63. The van der Waals surface area contributed by atoms with Crippen LogP contribution in [0.3, 0.4) is 0 Å². The summed E-state index contributed by atoms with van der Waals surface area (Å²) >= 11 is 0. The Bertz CT molecular complexity index is 445. The lowest BCUT2D eigenvalue weighted by Crippen LogP contribution is -2.36. The molecule has 1 aliphatic rings. The van der Waals surface area contributed by atoms with Gasteiger partial charge in [0.05, 0.1) is 5.56 Å². The van der Waals surface area contributed by atoms with Crippen LogP contribution in [0.4, 0.5) is 10.1 Å². The fourth-order valence-electron chi connectivity index (χ4n) is 2.15. The van der Waals surface area contributed by atoms with Crippen molar-refractivity contribution in [2.45, 2.75) is 25.8 Å². The zero-order valence-corrected chi connectivity index (χ0v) is 8.94. The maximum absolute atomic E-state index is 13.4. The molecular formula is C12H12FNO2. The number of halogens is 1. The van der Waals surface area contributed by atoms with Crippen LogP contribution in [0.15, 0.2) is 12.1 Å². The van der Waals surface area contributed by atoms with Crippen molar-refractivity contribution in [3.63, 3.8) is 0 Å². The van der Waals surface area contributed by atoms with Crippen molar-refractivity contribution in [3.8, 4) is 0 Å². The van der Waals surface area contributed by atoms with Crippen LogP contribution >= 0.6 is 0 Å². The summed E-state index contributed by atoms with van der Waals surface area (Å²) in [5.41, 5.74) is 1.37. The lowest BCUT2D eigenvalue weighted by Gasteiger charge is -2.32. The second kappa shape index (κ2) is 4.04. The average molecular weight is 221 g/mol. The van der Waals surface area contributed by atoms with Gasteiger partial charge in [-0.05, 0) is 37.5 Å². The SMILES string of the molecule is CC1CCc2c(ccc(F)c2C=O)N1C=O. The van der Waals surface area contributed by atoms with E-state index in [0.717, 1.165) is 12.8 Å². The van der Waals surface area contributed by atoms with Crippen LogP contribution in [0.5, 0.6) is 0 Å². The molecule has 0 saturated heterocycles. The highest BCUT2D eigenvalue weighted by atomic mass is 19.1. The second-order valence-corrected chi connectivity index (χ2v) is 3.98. The highest BCUT2D eigenvalue weighted by Crippen LogP contribution is 2.32. The molecule has 1 aromatic rings. The summed E-state index contributed by atoms with van der Waals surface area (Å²) < 4.78 is 13.4. The van der Waals surface area contributed by atoms with Crippen LogP contribution in [-0.2, 0) is 11.2 Å². The molecule has 4 heteroatoms. The third kappa shape index (κ3) is 1.50. The molecule has 0 N–H and O–H groups in total. The number of carbonyl (C=O) groups excluding carboxylic acids is 2. The Hall–Kier alpha value is -1.71. The van der Waals surface area contributed by atoms with E-state index in [-0.39, 0.29) is 11.6 Å². The quantitative estimate of drug-likeness (QED) is 0.715. The first-order valence-corrected chi connectivity index (χ1v) is 5.19. The third-order valence-electron chi connectivity index (χ3n) is 3.08. The Morgan fingerprint density at radius 1 is 1.44 bits per heavy atom. The van der Waals surface area contributed by atoms with Gasteiger partial charge in [-0.25, -0.2) is 4.39 Å². The van der Waals surface area contributed by atoms with E-state index in [0.29, 0.717) is 24.0 Å². The molecule has 2 rings (SSSR count).